The molecule has 0 radical (unpaired) electrons. The Labute approximate surface area is 121 Å². The van der Waals surface area contributed by atoms with E-state index in [4.69, 9.17) is 14.2 Å². The van der Waals surface area contributed by atoms with Crippen molar-refractivity contribution >= 4 is 17.7 Å². The fraction of sp³-hybridized carbons (Fsp3) is 0.583. The van der Waals surface area contributed by atoms with Crippen molar-refractivity contribution in [2.24, 2.45) is 0 Å². The summed E-state index contributed by atoms with van der Waals surface area (Å²) in [6, 6.07) is 1.52. The van der Waals surface area contributed by atoms with E-state index < -0.39 is 16.8 Å². The van der Waals surface area contributed by atoms with E-state index in [2.05, 4.69) is 9.97 Å². The molecule has 20 heavy (non-hydrogen) atoms. The minimum Gasteiger partial charge on any atom is -0.481 e. The molecule has 1 heterocycles. The standard InChI is InChI=1S/C12H18N2O5S/c1-12(2,19-5)9(10(15)16)20-11-13-7(17-3)6-8(14-11)18-4/h6,9H,1-5H3,(H,15,16). The molecule has 1 rings (SSSR count). The van der Waals surface area contributed by atoms with Crippen LogP contribution in [0.5, 0.6) is 11.8 Å². The predicted molar refractivity (Wildman–Crippen MR) is 73.5 cm³/mol. The highest BCUT2D eigenvalue weighted by Gasteiger charge is 2.37. The first-order chi connectivity index (χ1) is 9.33. The van der Waals surface area contributed by atoms with Crippen molar-refractivity contribution in [3.63, 3.8) is 0 Å². The molecule has 1 aromatic rings. The average molecular weight is 302 g/mol. The molecule has 0 bridgehead atoms. The molecule has 7 nitrogen and oxygen atoms in total. The number of carbonyl (C=O) groups is 1. The minimum absolute atomic E-state index is 0.249. The van der Waals surface area contributed by atoms with E-state index in [0.29, 0.717) is 11.8 Å². The van der Waals surface area contributed by atoms with Gasteiger partial charge in [0.25, 0.3) is 0 Å². The average Bonchev–Trinajstić information content (AvgIpc) is 2.43. The molecule has 0 fully saturated rings. The van der Waals surface area contributed by atoms with Crippen molar-refractivity contribution in [1.29, 1.82) is 0 Å². The molecular weight excluding hydrogens is 284 g/mol. The maximum atomic E-state index is 11.4. The third-order valence-corrected chi connectivity index (χ3v) is 4.08. The summed E-state index contributed by atoms with van der Waals surface area (Å²) in [4.78, 5) is 19.6. The first-order valence-electron chi connectivity index (χ1n) is 5.75. The molecule has 0 saturated carbocycles. The lowest BCUT2D eigenvalue weighted by molar-refractivity contribution is -0.141. The van der Waals surface area contributed by atoms with Crippen molar-refractivity contribution in [2.45, 2.75) is 29.9 Å². The fourth-order valence-electron chi connectivity index (χ4n) is 1.35. The van der Waals surface area contributed by atoms with Crippen LogP contribution in [-0.2, 0) is 9.53 Å². The van der Waals surface area contributed by atoms with Gasteiger partial charge in [0.1, 0.15) is 5.25 Å². The number of carboxylic acid groups (broad SMARTS) is 1. The highest BCUT2D eigenvalue weighted by molar-refractivity contribution is 8.00. The number of rotatable bonds is 7. The van der Waals surface area contributed by atoms with Gasteiger partial charge in [0.2, 0.25) is 11.8 Å². The predicted octanol–water partition coefficient (Wildman–Crippen LogP) is 1.46. The molecule has 1 atom stereocenters. The van der Waals surface area contributed by atoms with E-state index in [0.717, 1.165) is 11.8 Å². The Morgan fingerprint density at radius 1 is 1.25 bits per heavy atom. The van der Waals surface area contributed by atoms with Gasteiger partial charge in [-0.3, -0.25) is 4.79 Å². The number of ether oxygens (including phenoxy) is 3. The van der Waals surface area contributed by atoms with Gasteiger partial charge >= 0.3 is 5.97 Å². The van der Waals surface area contributed by atoms with Crippen LogP contribution in [-0.4, -0.2) is 53.2 Å². The van der Waals surface area contributed by atoms with Gasteiger partial charge in [-0.1, -0.05) is 11.8 Å². The molecule has 112 valence electrons. The number of carboxylic acids is 1. The molecule has 0 aliphatic heterocycles. The molecule has 0 amide bonds. The van der Waals surface area contributed by atoms with Crippen LogP contribution < -0.4 is 9.47 Å². The number of thioether (sulfide) groups is 1. The molecule has 0 saturated heterocycles. The first kappa shape index (κ1) is 16.5. The van der Waals surface area contributed by atoms with Crippen LogP contribution in [0.25, 0.3) is 0 Å². The van der Waals surface area contributed by atoms with Crippen LogP contribution >= 0.6 is 11.8 Å². The quantitative estimate of drug-likeness (QED) is 0.598. The van der Waals surface area contributed by atoms with Crippen molar-refractivity contribution in [3.8, 4) is 11.8 Å². The lowest BCUT2D eigenvalue weighted by Gasteiger charge is -2.28. The zero-order chi connectivity index (χ0) is 15.3. The van der Waals surface area contributed by atoms with E-state index in [1.807, 2.05) is 0 Å². The third-order valence-electron chi connectivity index (χ3n) is 2.68. The van der Waals surface area contributed by atoms with Crippen molar-refractivity contribution in [1.82, 2.24) is 9.97 Å². The van der Waals surface area contributed by atoms with E-state index in [9.17, 15) is 9.90 Å². The van der Waals surface area contributed by atoms with Crippen LogP contribution in [0.1, 0.15) is 13.8 Å². The van der Waals surface area contributed by atoms with Crippen molar-refractivity contribution < 1.29 is 24.1 Å². The molecule has 1 unspecified atom stereocenters. The molecule has 8 heteroatoms. The SMILES string of the molecule is COc1cc(OC)nc(SC(C(=O)O)C(C)(C)OC)n1. The number of aromatic nitrogens is 2. The number of methoxy groups -OCH3 is 3. The monoisotopic (exact) mass is 302 g/mol. The Kier molecular flexibility index (Phi) is 5.58. The fourth-order valence-corrected chi connectivity index (χ4v) is 2.32. The summed E-state index contributed by atoms with van der Waals surface area (Å²) in [5, 5.41) is 8.71. The molecule has 0 aromatic carbocycles. The topological polar surface area (TPSA) is 90.8 Å². The van der Waals surface area contributed by atoms with Gasteiger partial charge in [-0.05, 0) is 13.8 Å². The normalized spacial score (nSPS) is 12.8. The van der Waals surface area contributed by atoms with Crippen LogP contribution in [0.15, 0.2) is 11.2 Å². The number of hydrogen-bond donors (Lipinski definition) is 1. The van der Waals surface area contributed by atoms with Crippen LogP contribution in [0.4, 0.5) is 0 Å². The van der Waals surface area contributed by atoms with Gasteiger partial charge in [-0.2, -0.15) is 9.97 Å². The molecule has 0 aliphatic rings. The zero-order valence-corrected chi connectivity index (χ0v) is 12.9. The van der Waals surface area contributed by atoms with Gasteiger partial charge in [-0.15, -0.1) is 0 Å². The number of nitrogens with zero attached hydrogens (tertiary/aromatic N) is 2. The van der Waals surface area contributed by atoms with Gasteiger partial charge in [0.05, 0.1) is 25.9 Å². The maximum Gasteiger partial charge on any atom is 0.320 e. The summed E-state index contributed by atoms with van der Waals surface area (Å²) in [5.74, 6) is -0.398. The highest BCUT2D eigenvalue weighted by atomic mass is 32.2. The van der Waals surface area contributed by atoms with Crippen molar-refractivity contribution in [2.75, 3.05) is 21.3 Å². The lowest BCUT2D eigenvalue weighted by Crippen LogP contribution is -2.41. The maximum absolute atomic E-state index is 11.4. The Balaban J connectivity index is 3.08. The second-order valence-electron chi connectivity index (χ2n) is 4.38. The third kappa shape index (κ3) is 3.97. The zero-order valence-electron chi connectivity index (χ0n) is 12.0. The van der Waals surface area contributed by atoms with E-state index >= 15 is 0 Å². The number of aliphatic carboxylic acids is 1. The summed E-state index contributed by atoms with van der Waals surface area (Å²) in [6.45, 7) is 3.38. The molecule has 1 N–H and O–H groups in total. The van der Waals surface area contributed by atoms with Crippen LogP contribution in [0.3, 0.4) is 0 Å². The Hall–Kier alpha value is -1.54. The van der Waals surface area contributed by atoms with Gasteiger partial charge in [0.15, 0.2) is 5.16 Å². The minimum atomic E-state index is -1.01. The van der Waals surface area contributed by atoms with Crippen molar-refractivity contribution in [3.05, 3.63) is 6.07 Å². The summed E-state index contributed by atoms with van der Waals surface area (Å²) < 4.78 is 15.3. The van der Waals surface area contributed by atoms with Crippen LogP contribution in [0, 0.1) is 0 Å². The smallest absolute Gasteiger partial charge is 0.320 e. The Morgan fingerprint density at radius 3 is 2.10 bits per heavy atom. The summed E-state index contributed by atoms with van der Waals surface area (Å²) in [6.07, 6.45) is 0. The molecular formula is C12H18N2O5S. The molecule has 1 aromatic heterocycles. The largest absolute Gasteiger partial charge is 0.481 e. The lowest BCUT2D eigenvalue weighted by atomic mass is 10.1. The molecule has 0 spiro atoms. The Morgan fingerprint density at radius 2 is 1.75 bits per heavy atom. The summed E-state index contributed by atoms with van der Waals surface area (Å²) >= 11 is 0.981. The second-order valence-corrected chi connectivity index (χ2v) is 5.45. The van der Waals surface area contributed by atoms with Gasteiger partial charge < -0.3 is 19.3 Å². The first-order valence-corrected chi connectivity index (χ1v) is 6.63. The van der Waals surface area contributed by atoms with E-state index in [1.54, 1.807) is 13.8 Å². The number of hydrogen-bond acceptors (Lipinski definition) is 7. The second kappa shape index (κ2) is 6.76. The Bertz CT molecular complexity index is 459. The highest BCUT2D eigenvalue weighted by Crippen LogP contribution is 2.32. The van der Waals surface area contributed by atoms with E-state index in [1.165, 1.54) is 27.4 Å². The van der Waals surface area contributed by atoms with Gasteiger partial charge in [-0.25, -0.2) is 0 Å². The van der Waals surface area contributed by atoms with E-state index in [-0.39, 0.29) is 5.16 Å². The summed E-state index contributed by atoms with van der Waals surface area (Å²) in [7, 11) is 4.39. The van der Waals surface area contributed by atoms with Crippen LogP contribution in [0.2, 0.25) is 0 Å². The van der Waals surface area contributed by atoms with Gasteiger partial charge in [0, 0.05) is 7.11 Å². The molecule has 0 aliphatic carbocycles. The summed E-state index contributed by atoms with van der Waals surface area (Å²) in [5.41, 5.74) is -0.879.